The van der Waals surface area contributed by atoms with Crippen molar-refractivity contribution in [3.63, 3.8) is 0 Å². The van der Waals surface area contributed by atoms with Crippen LogP contribution in [0.1, 0.15) is 24.1 Å². The number of nitrogens with zero attached hydrogens (tertiary/aromatic N) is 2. The van der Waals surface area contributed by atoms with E-state index in [2.05, 4.69) is 64.6 Å². The Morgan fingerprint density at radius 2 is 1.90 bits per heavy atom. The normalized spacial score (nSPS) is 12.8. The molecule has 0 fully saturated rings. The van der Waals surface area contributed by atoms with E-state index in [9.17, 15) is 0 Å². The topological polar surface area (TPSA) is 43.3 Å². The van der Waals surface area contributed by atoms with Gasteiger partial charge in [-0.25, -0.2) is 4.98 Å². The molecule has 3 rings (SSSR count). The van der Waals surface area contributed by atoms with Crippen LogP contribution in [0.15, 0.2) is 47.1 Å². The molecule has 1 atom stereocenters. The molecule has 1 aromatic carbocycles. The number of nitrogens with two attached hydrogens (primary N) is 1. The van der Waals surface area contributed by atoms with Gasteiger partial charge in [0.15, 0.2) is 0 Å². The standard InChI is InChI=1S/C17H18BrN3/c1-11-3-5-13(6-4-11)16-17(12(2)9-19)21-10-14(18)7-8-15(21)20-16/h3-8,10,12H,9,19H2,1-2H3. The van der Waals surface area contributed by atoms with Crippen LogP contribution in [-0.2, 0) is 0 Å². The zero-order valence-corrected chi connectivity index (χ0v) is 13.8. The van der Waals surface area contributed by atoms with Crippen LogP contribution in [0.5, 0.6) is 0 Å². The molecule has 0 bridgehead atoms. The van der Waals surface area contributed by atoms with Crippen LogP contribution in [0, 0.1) is 6.92 Å². The summed E-state index contributed by atoms with van der Waals surface area (Å²) in [5.41, 5.74) is 11.4. The Bertz CT molecular complexity index is 775. The first-order chi connectivity index (χ1) is 10.1. The third-order valence-corrected chi connectivity index (χ3v) is 4.23. The summed E-state index contributed by atoms with van der Waals surface area (Å²) >= 11 is 3.53. The van der Waals surface area contributed by atoms with Crippen molar-refractivity contribution in [2.75, 3.05) is 6.54 Å². The third kappa shape index (κ3) is 2.61. The number of aromatic nitrogens is 2. The maximum atomic E-state index is 5.91. The molecule has 0 aliphatic carbocycles. The number of benzene rings is 1. The molecule has 2 aromatic heterocycles. The van der Waals surface area contributed by atoms with Crippen LogP contribution >= 0.6 is 15.9 Å². The highest BCUT2D eigenvalue weighted by molar-refractivity contribution is 9.10. The minimum absolute atomic E-state index is 0.241. The van der Waals surface area contributed by atoms with Gasteiger partial charge in [0.2, 0.25) is 0 Å². The molecule has 0 spiro atoms. The fourth-order valence-corrected chi connectivity index (χ4v) is 2.88. The monoisotopic (exact) mass is 343 g/mol. The molecular formula is C17H18BrN3. The maximum Gasteiger partial charge on any atom is 0.137 e. The molecule has 108 valence electrons. The molecule has 2 heterocycles. The molecule has 3 aromatic rings. The quantitative estimate of drug-likeness (QED) is 0.776. The van der Waals surface area contributed by atoms with Gasteiger partial charge in [0.1, 0.15) is 5.65 Å². The Morgan fingerprint density at radius 3 is 2.57 bits per heavy atom. The molecule has 0 saturated heterocycles. The van der Waals surface area contributed by atoms with Gasteiger partial charge < -0.3 is 10.1 Å². The van der Waals surface area contributed by atoms with Crippen LogP contribution in [-0.4, -0.2) is 15.9 Å². The highest BCUT2D eigenvalue weighted by Gasteiger charge is 2.18. The predicted octanol–water partition coefficient (Wildman–Crippen LogP) is 4.13. The van der Waals surface area contributed by atoms with E-state index in [0.29, 0.717) is 6.54 Å². The Balaban J connectivity index is 2.28. The fourth-order valence-electron chi connectivity index (χ4n) is 2.54. The van der Waals surface area contributed by atoms with E-state index in [4.69, 9.17) is 10.7 Å². The van der Waals surface area contributed by atoms with E-state index < -0.39 is 0 Å². The summed E-state index contributed by atoms with van der Waals surface area (Å²) in [4.78, 5) is 4.81. The number of aryl methyl sites for hydroxylation is 1. The van der Waals surface area contributed by atoms with Crippen LogP contribution in [0.4, 0.5) is 0 Å². The number of hydrogen-bond donors (Lipinski definition) is 1. The first kappa shape index (κ1) is 14.3. The second-order valence-electron chi connectivity index (χ2n) is 5.42. The van der Waals surface area contributed by atoms with Crippen LogP contribution in [0.25, 0.3) is 16.9 Å². The van der Waals surface area contributed by atoms with Gasteiger partial charge in [0, 0.05) is 28.7 Å². The largest absolute Gasteiger partial charge is 0.330 e. The molecule has 0 amide bonds. The van der Waals surface area contributed by atoms with E-state index >= 15 is 0 Å². The van der Waals surface area contributed by atoms with E-state index in [-0.39, 0.29) is 5.92 Å². The van der Waals surface area contributed by atoms with Gasteiger partial charge in [0.25, 0.3) is 0 Å². The van der Waals surface area contributed by atoms with Gasteiger partial charge >= 0.3 is 0 Å². The van der Waals surface area contributed by atoms with Gasteiger partial charge in [-0.2, -0.15) is 0 Å². The lowest BCUT2D eigenvalue weighted by molar-refractivity contribution is 0.738. The van der Waals surface area contributed by atoms with Crippen molar-refractivity contribution in [2.24, 2.45) is 5.73 Å². The molecule has 3 nitrogen and oxygen atoms in total. The van der Waals surface area contributed by atoms with E-state index in [1.165, 1.54) is 5.56 Å². The van der Waals surface area contributed by atoms with Crippen LogP contribution < -0.4 is 5.73 Å². The molecule has 1 unspecified atom stereocenters. The molecule has 21 heavy (non-hydrogen) atoms. The average molecular weight is 344 g/mol. The molecule has 0 aliphatic rings. The number of rotatable bonds is 3. The van der Waals surface area contributed by atoms with E-state index in [1.54, 1.807) is 0 Å². The van der Waals surface area contributed by atoms with Crippen molar-refractivity contribution in [2.45, 2.75) is 19.8 Å². The number of hydrogen-bond acceptors (Lipinski definition) is 2. The van der Waals surface area contributed by atoms with Crippen molar-refractivity contribution in [3.05, 3.63) is 58.3 Å². The Morgan fingerprint density at radius 1 is 1.19 bits per heavy atom. The second-order valence-corrected chi connectivity index (χ2v) is 6.34. The van der Waals surface area contributed by atoms with Crippen molar-refractivity contribution in [1.82, 2.24) is 9.38 Å². The smallest absolute Gasteiger partial charge is 0.137 e. The van der Waals surface area contributed by atoms with Gasteiger partial charge in [0.05, 0.1) is 11.4 Å². The highest BCUT2D eigenvalue weighted by atomic mass is 79.9. The number of fused-ring (bicyclic) bond motifs is 1. The predicted molar refractivity (Wildman–Crippen MR) is 90.5 cm³/mol. The van der Waals surface area contributed by atoms with Crippen molar-refractivity contribution in [1.29, 1.82) is 0 Å². The third-order valence-electron chi connectivity index (χ3n) is 3.76. The van der Waals surface area contributed by atoms with Crippen molar-refractivity contribution < 1.29 is 0 Å². The zero-order chi connectivity index (χ0) is 15.0. The first-order valence-electron chi connectivity index (χ1n) is 7.04. The van der Waals surface area contributed by atoms with E-state index in [0.717, 1.165) is 27.1 Å². The molecule has 4 heteroatoms. The fraction of sp³-hybridized carbons (Fsp3) is 0.235. The summed E-state index contributed by atoms with van der Waals surface area (Å²) in [5.74, 6) is 0.241. The Kier molecular flexibility index (Phi) is 3.83. The number of halogens is 1. The lowest BCUT2D eigenvalue weighted by atomic mass is 10.0. The van der Waals surface area contributed by atoms with E-state index in [1.807, 2.05) is 12.1 Å². The molecule has 0 saturated carbocycles. The average Bonchev–Trinajstić information content (AvgIpc) is 2.85. The lowest BCUT2D eigenvalue weighted by Crippen LogP contribution is -2.12. The minimum atomic E-state index is 0.241. The summed E-state index contributed by atoms with van der Waals surface area (Å²) in [6.07, 6.45) is 2.06. The van der Waals surface area contributed by atoms with Crippen molar-refractivity contribution >= 4 is 21.6 Å². The lowest BCUT2D eigenvalue weighted by Gasteiger charge is -2.12. The van der Waals surface area contributed by atoms with Crippen molar-refractivity contribution in [3.8, 4) is 11.3 Å². The summed E-state index contributed by atoms with van der Waals surface area (Å²) in [6.45, 7) is 4.83. The highest BCUT2D eigenvalue weighted by Crippen LogP contribution is 2.30. The zero-order valence-electron chi connectivity index (χ0n) is 12.2. The summed E-state index contributed by atoms with van der Waals surface area (Å²) in [7, 11) is 0. The summed E-state index contributed by atoms with van der Waals surface area (Å²) in [5, 5.41) is 0. The van der Waals surface area contributed by atoms with Crippen LogP contribution in [0.3, 0.4) is 0 Å². The Labute approximate surface area is 132 Å². The first-order valence-corrected chi connectivity index (χ1v) is 7.84. The number of pyridine rings is 1. The van der Waals surface area contributed by atoms with Gasteiger partial charge in [-0.1, -0.05) is 36.8 Å². The van der Waals surface area contributed by atoms with Gasteiger partial charge in [-0.05, 0) is 35.0 Å². The summed E-state index contributed by atoms with van der Waals surface area (Å²) in [6, 6.07) is 12.5. The molecule has 0 radical (unpaired) electrons. The Hall–Kier alpha value is -1.65. The van der Waals surface area contributed by atoms with Crippen LogP contribution in [0.2, 0.25) is 0 Å². The molecular weight excluding hydrogens is 326 g/mol. The molecule has 0 aliphatic heterocycles. The molecule has 2 N–H and O–H groups in total. The number of imidazole rings is 1. The van der Waals surface area contributed by atoms with Gasteiger partial charge in [-0.3, -0.25) is 0 Å². The maximum absolute atomic E-state index is 5.91. The van der Waals surface area contributed by atoms with Gasteiger partial charge in [-0.15, -0.1) is 0 Å². The minimum Gasteiger partial charge on any atom is -0.330 e. The second kappa shape index (κ2) is 5.62. The SMILES string of the molecule is Cc1ccc(-c2nc3ccc(Br)cn3c2C(C)CN)cc1. The summed E-state index contributed by atoms with van der Waals surface area (Å²) < 4.78 is 3.17.